The van der Waals surface area contributed by atoms with E-state index in [0.29, 0.717) is 17.6 Å². The summed E-state index contributed by atoms with van der Waals surface area (Å²) in [5.74, 6) is -2.29. The fourth-order valence-corrected chi connectivity index (χ4v) is 1.98. The van der Waals surface area contributed by atoms with Crippen LogP contribution in [-0.2, 0) is 19.1 Å². The molecule has 13 heteroatoms. The van der Waals surface area contributed by atoms with Gasteiger partial charge in [-0.2, -0.15) is 10.2 Å². The number of nitrogens with one attached hydrogen (secondary N) is 1. The molecule has 0 saturated carbocycles. The smallest absolute Gasteiger partial charge is 0.362 e. The predicted octanol–water partition coefficient (Wildman–Crippen LogP) is 4.49. The van der Waals surface area contributed by atoms with Crippen LogP contribution < -0.4 is 5.43 Å². The molecule has 35 heavy (non-hydrogen) atoms. The Morgan fingerprint density at radius 1 is 0.943 bits per heavy atom. The first-order valence-electron chi connectivity index (χ1n) is 9.97. The molecule has 0 aliphatic heterocycles. The zero-order valence-corrected chi connectivity index (χ0v) is 18.8. The second kappa shape index (κ2) is 16.0. The number of ether oxygens (including phenoxy) is 2. The number of benzene rings is 2. The maximum absolute atomic E-state index is 12.6. The second-order valence-electron chi connectivity index (χ2n) is 5.99. The first-order valence-corrected chi connectivity index (χ1v) is 9.97. The van der Waals surface area contributed by atoms with Crippen molar-refractivity contribution in [2.24, 2.45) is 20.5 Å². The number of azo groups is 1. The lowest BCUT2D eigenvalue weighted by Gasteiger charge is -2.03. The van der Waals surface area contributed by atoms with E-state index in [1.807, 2.05) is 0 Å². The minimum absolute atomic E-state index is 0.169. The van der Waals surface area contributed by atoms with Gasteiger partial charge < -0.3 is 19.8 Å². The largest absolute Gasteiger partial charge is 0.513 e. The highest BCUT2D eigenvalue weighted by atomic mass is 19.1. The van der Waals surface area contributed by atoms with Gasteiger partial charge in [0.2, 0.25) is 5.70 Å². The van der Waals surface area contributed by atoms with E-state index in [1.165, 1.54) is 48.5 Å². The highest BCUT2D eigenvalue weighted by molar-refractivity contribution is 6.59. The summed E-state index contributed by atoms with van der Waals surface area (Å²) in [6.45, 7) is 3.61. The lowest BCUT2D eigenvalue weighted by atomic mass is 10.3. The van der Waals surface area contributed by atoms with Crippen LogP contribution in [-0.4, -0.2) is 47.4 Å². The summed E-state index contributed by atoms with van der Waals surface area (Å²) in [5.41, 5.74) is 2.82. The number of hydrogen-bond donors (Lipinski definition) is 3. The molecule has 0 saturated heterocycles. The standard InChI is InChI=1S/C11H12FN3O3.C11H11FN2O3/c1-2-18-11(16)10(7-13-17)15-14-9-5-3-8(12)4-6-9;1-2-17-11(16)10(7-15)14-13-9-5-3-8(12)4-6-9/h3-7,14,17H,2H2,1H3;3-7,15H,2H2,1H3. The normalized spacial score (nSPS) is 11.7. The Labute approximate surface area is 199 Å². The van der Waals surface area contributed by atoms with Gasteiger partial charge in [-0.25, -0.2) is 18.4 Å². The molecule has 3 N–H and O–H groups in total. The third-order valence-electron chi connectivity index (χ3n) is 3.52. The molecule has 0 fully saturated rings. The molecule has 0 heterocycles. The van der Waals surface area contributed by atoms with Gasteiger partial charge in [0.1, 0.15) is 24.1 Å². The number of aliphatic hydroxyl groups excluding tert-OH is 1. The van der Waals surface area contributed by atoms with E-state index in [-0.39, 0.29) is 30.4 Å². The van der Waals surface area contributed by atoms with Gasteiger partial charge in [-0.15, -0.1) is 5.11 Å². The van der Waals surface area contributed by atoms with Crippen LogP contribution in [0.15, 0.2) is 81.0 Å². The van der Waals surface area contributed by atoms with Crippen molar-refractivity contribution in [2.45, 2.75) is 13.8 Å². The summed E-state index contributed by atoms with van der Waals surface area (Å²) in [6.07, 6.45) is 1.35. The van der Waals surface area contributed by atoms with E-state index < -0.39 is 17.8 Å². The summed E-state index contributed by atoms with van der Waals surface area (Å²) in [7, 11) is 0. The average Bonchev–Trinajstić information content (AvgIpc) is 2.85. The van der Waals surface area contributed by atoms with Gasteiger partial charge in [0.05, 0.1) is 24.6 Å². The van der Waals surface area contributed by atoms with Crippen LogP contribution in [0.25, 0.3) is 0 Å². The number of hydrazone groups is 1. The van der Waals surface area contributed by atoms with Crippen molar-refractivity contribution in [3.8, 4) is 0 Å². The van der Waals surface area contributed by atoms with Crippen LogP contribution in [0, 0.1) is 11.6 Å². The van der Waals surface area contributed by atoms with Crippen LogP contribution in [0.3, 0.4) is 0 Å². The van der Waals surface area contributed by atoms with Gasteiger partial charge in [-0.3, -0.25) is 5.43 Å². The van der Waals surface area contributed by atoms with Crippen LogP contribution in [0.2, 0.25) is 0 Å². The summed E-state index contributed by atoms with van der Waals surface area (Å²) >= 11 is 0. The highest BCUT2D eigenvalue weighted by Crippen LogP contribution is 2.14. The maximum Gasteiger partial charge on any atom is 0.362 e. The summed E-state index contributed by atoms with van der Waals surface area (Å²) < 4.78 is 34.5. The van der Waals surface area contributed by atoms with Gasteiger partial charge >= 0.3 is 11.9 Å². The van der Waals surface area contributed by atoms with Gasteiger partial charge in [0.25, 0.3) is 0 Å². The fraction of sp³-hybridized carbons (Fsp3) is 0.182. The monoisotopic (exact) mass is 491 g/mol. The average molecular weight is 491 g/mol. The Bertz CT molecular complexity index is 1070. The van der Waals surface area contributed by atoms with E-state index >= 15 is 0 Å². The molecule has 0 aliphatic rings. The van der Waals surface area contributed by atoms with Crippen molar-refractivity contribution in [3.63, 3.8) is 0 Å². The number of esters is 2. The molecule has 0 radical (unpaired) electrons. The summed E-state index contributed by atoms with van der Waals surface area (Å²) in [6, 6.07) is 10.6. The fourth-order valence-electron chi connectivity index (χ4n) is 1.98. The molecule has 186 valence electrons. The quantitative estimate of drug-likeness (QED) is 0.0888. The van der Waals surface area contributed by atoms with Gasteiger partial charge in [-0.1, -0.05) is 5.16 Å². The maximum atomic E-state index is 12.6. The number of rotatable bonds is 9. The number of nitrogens with zero attached hydrogens (tertiary/aromatic N) is 4. The SMILES string of the molecule is CCOC(=O)C(=CO)N=Nc1ccc(F)cc1.CCOC(=O)C(C=NO)=NNc1ccc(F)cc1. The van der Waals surface area contributed by atoms with Crippen LogP contribution >= 0.6 is 0 Å². The molecule has 0 spiro atoms. The van der Waals surface area contributed by atoms with Crippen molar-refractivity contribution in [3.05, 3.63) is 72.1 Å². The summed E-state index contributed by atoms with van der Waals surface area (Å²) in [4.78, 5) is 22.5. The number of oxime groups is 1. The Kier molecular flexibility index (Phi) is 13.0. The molecule has 0 bridgehead atoms. The molecular formula is C22H23F2N5O6. The van der Waals surface area contributed by atoms with E-state index in [0.717, 1.165) is 6.21 Å². The predicted molar refractivity (Wildman–Crippen MR) is 123 cm³/mol. The molecular weight excluding hydrogens is 468 g/mol. The Balaban J connectivity index is 0.000000351. The number of carbonyl (C=O) groups is 2. The molecule has 2 aromatic rings. The molecule has 0 unspecified atom stereocenters. The van der Waals surface area contributed by atoms with E-state index in [4.69, 9.17) is 15.1 Å². The molecule has 0 aliphatic carbocycles. The zero-order chi connectivity index (χ0) is 26.1. The van der Waals surface area contributed by atoms with Crippen LogP contribution in [0.5, 0.6) is 0 Å². The molecule has 0 amide bonds. The topological polar surface area (TPSA) is 155 Å². The third kappa shape index (κ3) is 11.1. The number of aliphatic hydroxyl groups is 1. The minimum Gasteiger partial charge on any atom is -0.513 e. The van der Waals surface area contributed by atoms with Crippen molar-refractivity contribution in [2.75, 3.05) is 18.6 Å². The first kappa shape index (κ1) is 28.4. The molecule has 2 rings (SSSR count). The second-order valence-corrected chi connectivity index (χ2v) is 5.99. The lowest BCUT2D eigenvalue weighted by Crippen LogP contribution is -2.20. The Morgan fingerprint density at radius 2 is 1.49 bits per heavy atom. The van der Waals surface area contributed by atoms with Crippen molar-refractivity contribution >= 4 is 35.2 Å². The molecule has 2 aromatic carbocycles. The van der Waals surface area contributed by atoms with E-state index in [9.17, 15) is 18.4 Å². The number of hydrogen-bond acceptors (Lipinski definition) is 11. The minimum atomic E-state index is -0.777. The van der Waals surface area contributed by atoms with Crippen molar-refractivity contribution in [1.82, 2.24) is 0 Å². The van der Waals surface area contributed by atoms with Gasteiger partial charge in [0, 0.05) is 0 Å². The van der Waals surface area contributed by atoms with Crippen molar-refractivity contribution < 1.29 is 38.2 Å². The molecule has 11 nitrogen and oxygen atoms in total. The number of anilines is 1. The van der Waals surface area contributed by atoms with Crippen LogP contribution in [0.1, 0.15) is 13.8 Å². The van der Waals surface area contributed by atoms with Gasteiger partial charge in [-0.05, 0) is 62.4 Å². The Morgan fingerprint density at radius 3 is 2.00 bits per heavy atom. The zero-order valence-electron chi connectivity index (χ0n) is 18.8. The van der Waals surface area contributed by atoms with Gasteiger partial charge in [0.15, 0.2) is 5.71 Å². The van der Waals surface area contributed by atoms with E-state index in [2.05, 4.69) is 30.6 Å². The molecule has 0 aromatic heterocycles. The third-order valence-corrected chi connectivity index (χ3v) is 3.52. The van der Waals surface area contributed by atoms with Crippen LogP contribution in [0.4, 0.5) is 20.2 Å². The lowest BCUT2D eigenvalue weighted by molar-refractivity contribution is -0.138. The number of carbonyl (C=O) groups excluding carboxylic acids is 2. The number of halogens is 2. The van der Waals surface area contributed by atoms with Crippen molar-refractivity contribution in [1.29, 1.82) is 0 Å². The first-order chi connectivity index (χ1) is 16.8. The molecule has 0 atom stereocenters. The Hall–Kier alpha value is -4.68. The highest BCUT2D eigenvalue weighted by Gasteiger charge is 2.11. The van der Waals surface area contributed by atoms with E-state index in [1.54, 1.807) is 13.8 Å². The summed E-state index contributed by atoms with van der Waals surface area (Å²) in [5, 5.41) is 30.7.